The Balaban J connectivity index is 1.84. The first-order valence-electron chi connectivity index (χ1n) is 7.63. The van der Waals surface area contributed by atoms with Crippen LogP contribution in [0, 0.1) is 0 Å². The summed E-state index contributed by atoms with van der Waals surface area (Å²) in [5, 5.41) is 21.2. The third-order valence-corrected chi connectivity index (χ3v) is 4.51. The molecule has 1 aliphatic carbocycles. The van der Waals surface area contributed by atoms with Crippen LogP contribution in [0.15, 0.2) is 36.4 Å². The van der Waals surface area contributed by atoms with Crippen LogP contribution in [0.25, 0.3) is 12.2 Å². The van der Waals surface area contributed by atoms with Crippen LogP contribution in [0.1, 0.15) is 48.3 Å². The molecule has 0 bridgehead atoms. The topological polar surface area (TPSA) is 40.5 Å². The fraction of sp³-hybridized carbons (Fsp3) is 0.263. The van der Waals surface area contributed by atoms with Crippen LogP contribution in [-0.4, -0.2) is 10.2 Å². The van der Waals surface area contributed by atoms with E-state index in [2.05, 4.69) is 0 Å². The average Bonchev–Trinajstić information content (AvgIpc) is 3.00. The van der Waals surface area contributed by atoms with Crippen molar-refractivity contribution < 1.29 is 10.2 Å². The van der Waals surface area contributed by atoms with Crippen LogP contribution in [0.4, 0.5) is 0 Å². The minimum absolute atomic E-state index is 0.197. The number of halogens is 1. The molecule has 0 aromatic heterocycles. The summed E-state index contributed by atoms with van der Waals surface area (Å²) in [6.45, 7) is 0. The minimum atomic E-state index is 0.197. The zero-order valence-electron chi connectivity index (χ0n) is 12.3. The van der Waals surface area contributed by atoms with Crippen LogP contribution in [-0.2, 0) is 0 Å². The summed E-state index contributed by atoms with van der Waals surface area (Å²) in [5.74, 6) is 0.680. The van der Waals surface area contributed by atoms with Gasteiger partial charge in [0.05, 0.1) is 0 Å². The van der Waals surface area contributed by atoms with Gasteiger partial charge in [0.2, 0.25) is 0 Å². The molecule has 0 amide bonds. The quantitative estimate of drug-likeness (QED) is 0.726. The molecule has 0 spiro atoms. The molecule has 0 heterocycles. The van der Waals surface area contributed by atoms with Gasteiger partial charge in [-0.3, -0.25) is 0 Å². The van der Waals surface area contributed by atoms with Crippen molar-refractivity contribution in [1.29, 1.82) is 0 Å². The van der Waals surface area contributed by atoms with E-state index in [1.54, 1.807) is 12.1 Å². The summed E-state index contributed by atoms with van der Waals surface area (Å²) in [6, 6.07) is 11.0. The molecule has 2 nitrogen and oxygen atoms in total. The van der Waals surface area contributed by atoms with Crippen molar-refractivity contribution in [3.05, 3.63) is 58.1 Å². The number of aromatic hydroxyl groups is 2. The molecule has 0 unspecified atom stereocenters. The van der Waals surface area contributed by atoms with Gasteiger partial charge >= 0.3 is 0 Å². The Kier molecular flexibility index (Phi) is 4.39. The van der Waals surface area contributed by atoms with E-state index in [-0.39, 0.29) is 17.4 Å². The maximum atomic E-state index is 10.3. The Bertz CT molecular complexity index is 660. The standard InChI is InChI=1S/C19H19ClO2/c20-16-9-7-13(8-10-16)5-6-14-11-17(21)19(18(22)12-14)15-3-1-2-4-15/h5-12,15,21-22H,1-4H2. The van der Waals surface area contributed by atoms with Gasteiger partial charge in [-0.25, -0.2) is 0 Å². The lowest BCUT2D eigenvalue weighted by molar-refractivity contribution is 0.428. The first kappa shape index (κ1) is 15.0. The Morgan fingerprint density at radius 3 is 2.00 bits per heavy atom. The van der Waals surface area contributed by atoms with Gasteiger partial charge < -0.3 is 10.2 Å². The lowest BCUT2D eigenvalue weighted by atomic mass is 9.94. The third-order valence-electron chi connectivity index (χ3n) is 4.26. The largest absolute Gasteiger partial charge is 0.507 e. The molecule has 1 aliphatic rings. The number of rotatable bonds is 3. The van der Waals surface area contributed by atoms with Crippen molar-refractivity contribution in [2.75, 3.05) is 0 Å². The molecular formula is C19H19ClO2. The highest BCUT2D eigenvalue weighted by Crippen LogP contribution is 2.43. The Hall–Kier alpha value is -1.93. The van der Waals surface area contributed by atoms with E-state index >= 15 is 0 Å². The maximum Gasteiger partial charge on any atom is 0.123 e. The minimum Gasteiger partial charge on any atom is -0.507 e. The van der Waals surface area contributed by atoms with Gasteiger partial charge in [0.1, 0.15) is 11.5 Å². The molecule has 0 radical (unpaired) electrons. The number of benzene rings is 2. The van der Waals surface area contributed by atoms with Gasteiger partial charge in [0.15, 0.2) is 0 Å². The predicted molar refractivity (Wildman–Crippen MR) is 91.4 cm³/mol. The van der Waals surface area contributed by atoms with Crippen molar-refractivity contribution in [1.82, 2.24) is 0 Å². The smallest absolute Gasteiger partial charge is 0.123 e. The van der Waals surface area contributed by atoms with Crippen LogP contribution in [0.2, 0.25) is 5.02 Å². The SMILES string of the molecule is Oc1cc(C=Cc2ccc(Cl)cc2)cc(O)c1C1CCCC1. The molecule has 22 heavy (non-hydrogen) atoms. The molecule has 2 aromatic rings. The second kappa shape index (κ2) is 6.45. The van der Waals surface area contributed by atoms with Gasteiger partial charge in [0, 0.05) is 10.6 Å². The van der Waals surface area contributed by atoms with Gasteiger partial charge in [-0.15, -0.1) is 0 Å². The van der Waals surface area contributed by atoms with Crippen molar-refractivity contribution in [3.8, 4) is 11.5 Å². The summed E-state index contributed by atoms with van der Waals surface area (Å²) in [5.41, 5.74) is 2.51. The lowest BCUT2D eigenvalue weighted by Crippen LogP contribution is -1.94. The summed E-state index contributed by atoms with van der Waals surface area (Å²) in [4.78, 5) is 0. The van der Waals surface area contributed by atoms with E-state index < -0.39 is 0 Å². The van der Waals surface area contributed by atoms with E-state index in [1.165, 1.54) is 12.8 Å². The van der Waals surface area contributed by atoms with Gasteiger partial charge in [-0.1, -0.05) is 48.7 Å². The molecule has 0 atom stereocenters. The van der Waals surface area contributed by atoms with Crippen LogP contribution >= 0.6 is 11.6 Å². The number of phenols is 2. The van der Waals surface area contributed by atoms with Crippen molar-refractivity contribution in [2.45, 2.75) is 31.6 Å². The molecule has 3 heteroatoms. The predicted octanol–water partition coefficient (Wildman–Crippen LogP) is 5.58. The fourth-order valence-electron chi connectivity index (χ4n) is 3.14. The van der Waals surface area contributed by atoms with Crippen LogP contribution in [0.3, 0.4) is 0 Å². The molecule has 2 N–H and O–H groups in total. The number of hydrogen-bond donors (Lipinski definition) is 2. The Labute approximate surface area is 135 Å². The molecule has 1 fully saturated rings. The molecule has 1 saturated carbocycles. The molecular weight excluding hydrogens is 296 g/mol. The van der Waals surface area contributed by atoms with E-state index in [0.717, 1.165) is 24.0 Å². The van der Waals surface area contributed by atoms with Crippen LogP contribution < -0.4 is 0 Å². The normalized spacial score (nSPS) is 15.7. The highest BCUT2D eigenvalue weighted by atomic mass is 35.5. The summed E-state index contributed by atoms with van der Waals surface area (Å²) in [7, 11) is 0. The molecule has 114 valence electrons. The number of phenolic OH excluding ortho intramolecular Hbond substituents is 2. The zero-order chi connectivity index (χ0) is 15.5. The maximum absolute atomic E-state index is 10.3. The van der Waals surface area contributed by atoms with Crippen molar-refractivity contribution in [2.24, 2.45) is 0 Å². The van der Waals surface area contributed by atoms with Gasteiger partial charge in [0.25, 0.3) is 0 Å². The van der Waals surface area contributed by atoms with Gasteiger partial charge in [-0.2, -0.15) is 0 Å². The summed E-state index contributed by atoms with van der Waals surface area (Å²) < 4.78 is 0. The first-order valence-corrected chi connectivity index (χ1v) is 8.01. The zero-order valence-corrected chi connectivity index (χ0v) is 13.1. The first-order chi connectivity index (χ1) is 10.6. The third kappa shape index (κ3) is 3.28. The highest BCUT2D eigenvalue weighted by molar-refractivity contribution is 6.30. The summed E-state index contributed by atoms with van der Waals surface area (Å²) >= 11 is 5.86. The Morgan fingerprint density at radius 2 is 1.41 bits per heavy atom. The van der Waals surface area contributed by atoms with E-state index in [9.17, 15) is 10.2 Å². The van der Waals surface area contributed by atoms with E-state index in [0.29, 0.717) is 10.6 Å². The highest BCUT2D eigenvalue weighted by Gasteiger charge is 2.23. The molecule has 2 aromatic carbocycles. The van der Waals surface area contributed by atoms with Crippen molar-refractivity contribution >= 4 is 23.8 Å². The molecule has 3 rings (SSSR count). The molecule has 0 aliphatic heterocycles. The second-order valence-corrected chi connectivity index (χ2v) is 6.28. The number of hydrogen-bond acceptors (Lipinski definition) is 2. The lowest BCUT2D eigenvalue weighted by Gasteiger charge is -2.14. The van der Waals surface area contributed by atoms with Crippen LogP contribution in [0.5, 0.6) is 11.5 Å². The van der Waals surface area contributed by atoms with Gasteiger partial charge in [-0.05, 0) is 54.2 Å². The van der Waals surface area contributed by atoms with Crippen molar-refractivity contribution in [3.63, 3.8) is 0 Å². The fourth-order valence-corrected chi connectivity index (χ4v) is 3.27. The monoisotopic (exact) mass is 314 g/mol. The Morgan fingerprint density at radius 1 is 0.864 bits per heavy atom. The second-order valence-electron chi connectivity index (χ2n) is 5.84. The summed E-state index contributed by atoms with van der Waals surface area (Å²) in [6.07, 6.45) is 8.23. The average molecular weight is 315 g/mol. The van der Waals surface area contributed by atoms with E-state index in [4.69, 9.17) is 11.6 Å². The molecule has 0 saturated heterocycles. The van der Waals surface area contributed by atoms with E-state index in [1.807, 2.05) is 36.4 Å².